The molecule has 3 atom stereocenters. The number of hydrogen-bond donors (Lipinski definition) is 1. The van der Waals surface area contributed by atoms with Gasteiger partial charge in [0.15, 0.2) is 6.10 Å². The Bertz CT molecular complexity index is 582. The molecule has 1 N–H and O–H groups in total. The minimum absolute atomic E-state index is 0.0464. The third kappa shape index (κ3) is 4.28. The maximum Gasteiger partial charge on any atom is 0.412 e. The summed E-state index contributed by atoms with van der Waals surface area (Å²) in [6.45, 7) is 9.45. The Morgan fingerprint density at radius 2 is 1.96 bits per heavy atom. The molecular weight excluding hydrogens is 338 g/mol. The third-order valence-corrected chi connectivity index (χ3v) is 4.64. The molecule has 0 bridgehead atoms. The van der Waals surface area contributed by atoms with Gasteiger partial charge in [-0.2, -0.15) is 0 Å². The quantitative estimate of drug-likeness (QED) is 0.811. The Labute approximate surface area is 155 Å². The van der Waals surface area contributed by atoms with Crippen molar-refractivity contribution in [2.75, 3.05) is 20.6 Å². The van der Waals surface area contributed by atoms with Gasteiger partial charge in [0.2, 0.25) is 5.91 Å². The number of carbonyl (C=O) groups excluding carboxylic acids is 3. The summed E-state index contributed by atoms with van der Waals surface area (Å²) in [5.74, 6) is -0.526. The zero-order valence-corrected chi connectivity index (χ0v) is 16.8. The molecule has 2 fully saturated rings. The lowest BCUT2D eigenvalue weighted by molar-refractivity contribution is -0.146. The summed E-state index contributed by atoms with van der Waals surface area (Å²) >= 11 is 0. The highest BCUT2D eigenvalue weighted by Gasteiger charge is 2.55. The second-order valence-electron chi connectivity index (χ2n) is 8.65. The number of likely N-dealkylation sites (N-methyl/N-ethyl adjacent to an activating group) is 1. The van der Waals surface area contributed by atoms with Gasteiger partial charge >= 0.3 is 6.09 Å². The molecule has 2 saturated heterocycles. The van der Waals surface area contributed by atoms with Crippen molar-refractivity contribution < 1.29 is 23.9 Å². The van der Waals surface area contributed by atoms with Crippen LogP contribution in [0.15, 0.2) is 0 Å². The molecule has 2 heterocycles. The monoisotopic (exact) mass is 369 g/mol. The molecule has 0 aromatic heterocycles. The van der Waals surface area contributed by atoms with Crippen LogP contribution in [0.5, 0.6) is 0 Å². The first kappa shape index (κ1) is 20.5. The van der Waals surface area contributed by atoms with Gasteiger partial charge < -0.3 is 19.7 Å². The van der Waals surface area contributed by atoms with E-state index >= 15 is 0 Å². The lowest BCUT2D eigenvalue weighted by Crippen LogP contribution is -2.52. The van der Waals surface area contributed by atoms with E-state index in [2.05, 4.69) is 5.32 Å². The SMILES string of the molecule is CN(C)C(=O)C1OC(C)(C)N(C(=O)OC(C)(C)C)C1CC1CCNC1=O. The van der Waals surface area contributed by atoms with Crippen LogP contribution < -0.4 is 5.32 Å². The van der Waals surface area contributed by atoms with E-state index in [-0.39, 0.29) is 17.7 Å². The second kappa shape index (κ2) is 7.06. The predicted molar refractivity (Wildman–Crippen MR) is 95.2 cm³/mol. The largest absolute Gasteiger partial charge is 0.444 e. The number of carbonyl (C=O) groups is 3. The maximum absolute atomic E-state index is 12.9. The van der Waals surface area contributed by atoms with E-state index in [0.717, 1.165) is 0 Å². The number of amides is 3. The normalized spacial score (nSPS) is 28.0. The molecule has 0 aromatic rings. The Hall–Kier alpha value is -1.83. The van der Waals surface area contributed by atoms with Gasteiger partial charge in [-0.1, -0.05) is 0 Å². The van der Waals surface area contributed by atoms with Crippen molar-refractivity contribution in [2.24, 2.45) is 5.92 Å². The molecule has 148 valence electrons. The van der Waals surface area contributed by atoms with Gasteiger partial charge in [0.05, 0.1) is 6.04 Å². The minimum atomic E-state index is -1.02. The molecule has 0 saturated carbocycles. The summed E-state index contributed by atoms with van der Waals surface area (Å²) < 4.78 is 11.5. The Kier molecular flexibility index (Phi) is 5.56. The van der Waals surface area contributed by atoms with Crippen LogP contribution >= 0.6 is 0 Å². The first-order chi connectivity index (χ1) is 11.8. The van der Waals surface area contributed by atoms with Crippen molar-refractivity contribution in [3.05, 3.63) is 0 Å². The van der Waals surface area contributed by atoms with Gasteiger partial charge in [-0.05, 0) is 47.5 Å². The fraction of sp³-hybridized carbons (Fsp3) is 0.833. The van der Waals surface area contributed by atoms with Crippen molar-refractivity contribution >= 4 is 17.9 Å². The van der Waals surface area contributed by atoms with Crippen LogP contribution in [0.3, 0.4) is 0 Å². The van der Waals surface area contributed by atoms with Crippen molar-refractivity contribution in [2.45, 2.75) is 70.9 Å². The van der Waals surface area contributed by atoms with E-state index < -0.39 is 29.6 Å². The second-order valence-corrected chi connectivity index (χ2v) is 8.65. The minimum Gasteiger partial charge on any atom is -0.444 e. The molecular formula is C18H31N3O5. The molecule has 3 amide bonds. The van der Waals surface area contributed by atoms with Crippen LogP contribution in [0.1, 0.15) is 47.5 Å². The molecule has 2 aliphatic heterocycles. The van der Waals surface area contributed by atoms with Crippen LogP contribution in [0, 0.1) is 5.92 Å². The average Bonchev–Trinajstić information content (AvgIpc) is 2.97. The topological polar surface area (TPSA) is 88.2 Å². The first-order valence-electron chi connectivity index (χ1n) is 9.02. The fourth-order valence-electron chi connectivity index (χ4n) is 3.51. The van der Waals surface area contributed by atoms with Gasteiger partial charge in [-0.15, -0.1) is 0 Å². The molecule has 2 rings (SSSR count). The average molecular weight is 369 g/mol. The van der Waals surface area contributed by atoms with Gasteiger partial charge in [0, 0.05) is 26.6 Å². The van der Waals surface area contributed by atoms with E-state index in [1.807, 2.05) is 0 Å². The molecule has 8 heteroatoms. The molecule has 0 aliphatic carbocycles. The first-order valence-corrected chi connectivity index (χ1v) is 9.02. The predicted octanol–water partition coefficient (Wildman–Crippen LogP) is 1.34. The third-order valence-electron chi connectivity index (χ3n) is 4.64. The van der Waals surface area contributed by atoms with Gasteiger partial charge in [0.1, 0.15) is 11.3 Å². The zero-order valence-electron chi connectivity index (χ0n) is 16.8. The van der Waals surface area contributed by atoms with Crippen LogP contribution in [0.2, 0.25) is 0 Å². The van der Waals surface area contributed by atoms with Crippen molar-refractivity contribution in [3.8, 4) is 0 Å². The van der Waals surface area contributed by atoms with Gasteiger partial charge in [-0.3, -0.25) is 14.5 Å². The molecule has 0 spiro atoms. The van der Waals surface area contributed by atoms with Crippen molar-refractivity contribution in [1.82, 2.24) is 15.1 Å². The Morgan fingerprint density at radius 1 is 1.35 bits per heavy atom. The Balaban J connectivity index is 2.34. The summed E-state index contributed by atoms with van der Waals surface area (Å²) in [6.07, 6.45) is -0.333. The number of rotatable bonds is 3. The molecule has 26 heavy (non-hydrogen) atoms. The van der Waals surface area contributed by atoms with E-state index in [9.17, 15) is 14.4 Å². The number of hydrogen-bond acceptors (Lipinski definition) is 5. The fourth-order valence-corrected chi connectivity index (χ4v) is 3.51. The number of ether oxygens (including phenoxy) is 2. The van der Waals surface area contributed by atoms with Crippen molar-refractivity contribution in [3.63, 3.8) is 0 Å². The summed E-state index contributed by atoms with van der Waals surface area (Å²) in [6, 6.07) is -0.566. The molecule has 2 aliphatic rings. The highest BCUT2D eigenvalue weighted by atomic mass is 16.6. The molecule has 3 unspecified atom stereocenters. The van der Waals surface area contributed by atoms with E-state index in [1.54, 1.807) is 48.7 Å². The van der Waals surface area contributed by atoms with Crippen LogP contribution in [-0.2, 0) is 19.1 Å². The lowest BCUT2D eigenvalue weighted by atomic mass is 9.94. The Morgan fingerprint density at radius 3 is 2.42 bits per heavy atom. The zero-order chi connectivity index (χ0) is 19.9. The summed E-state index contributed by atoms with van der Waals surface area (Å²) in [7, 11) is 3.29. The molecule has 0 radical (unpaired) electrons. The van der Waals surface area contributed by atoms with E-state index in [1.165, 1.54) is 9.80 Å². The maximum atomic E-state index is 12.9. The van der Waals surface area contributed by atoms with Gasteiger partial charge in [-0.25, -0.2) is 4.79 Å². The van der Waals surface area contributed by atoms with Crippen LogP contribution in [0.25, 0.3) is 0 Å². The number of nitrogens with zero attached hydrogens (tertiary/aromatic N) is 2. The molecule has 8 nitrogen and oxygen atoms in total. The summed E-state index contributed by atoms with van der Waals surface area (Å²) in [5, 5.41) is 2.80. The summed E-state index contributed by atoms with van der Waals surface area (Å²) in [4.78, 5) is 40.5. The lowest BCUT2D eigenvalue weighted by Gasteiger charge is -2.35. The van der Waals surface area contributed by atoms with Crippen LogP contribution in [0.4, 0.5) is 4.79 Å². The summed E-state index contributed by atoms with van der Waals surface area (Å²) in [5.41, 5.74) is -1.69. The smallest absolute Gasteiger partial charge is 0.412 e. The highest BCUT2D eigenvalue weighted by molar-refractivity contribution is 5.84. The standard InChI is InChI=1S/C18H31N3O5/c1-17(2,3)26-16(24)21-12(10-11-8-9-19-14(11)22)13(15(23)20(6)7)25-18(21,4)5/h11-13H,8-10H2,1-7H3,(H,19,22). The van der Waals surface area contributed by atoms with Crippen molar-refractivity contribution in [1.29, 1.82) is 0 Å². The van der Waals surface area contributed by atoms with E-state index in [0.29, 0.717) is 19.4 Å². The highest BCUT2D eigenvalue weighted by Crippen LogP contribution is 2.38. The number of nitrogens with one attached hydrogen (secondary N) is 1. The van der Waals surface area contributed by atoms with E-state index in [4.69, 9.17) is 9.47 Å². The van der Waals surface area contributed by atoms with Crippen LogP contribution in [-0.4, -0.2) is 71.8 Å². The van der Waals surface area contributed by atoms with Gasteiger partial charge in [0.25, 0.3) is 5.91 Å². The molecule has 0 aromatic carbocycles.